The van der Waals surface area contributed by atoms with Crippen LogP contribution in [0.1, 0.15) is 20.8 Å². The summed E-state index contributed by atoms with van der Waals surface area (Å²) >= 11 is 6.74. The average molecular weight is 422 g/mol. The Bertz CT molecular complexity index is 1050. The number of hydrogen-bond donors (Lipinski definition) is 3. The first-order chi connectivity index (χ1) is 14.0. The number of rotatable bonds is 5. The van der Waals surface area contributed by atoms with Crippen molar-refractivity contribution in [1.82, 2.24) is 5.32 Å². The molecule has 0 aliphatic carbocycles. The molecule has 7 heteroatoms. The second-order valence-electron chi connectivity index (χ2n) is 6.14. The van der Waals surface area contributed by atoms with Crippen molar-refractivity contribution in [2.45, 2.75) is 6.92 Å². The van der Waals surface area contributed by atoms with Gasteiger partial charge in [-0.1, -0.05) is 24.3 Å². The van der Waals surface area contributed by atoms with Gasteiger partial charge < -0.3 is 10.6 Å². The van der Waals surface area contributed by atoms with Crippen LogP contribution in [0.3, 0.4) is 0 Å². The van der Waals surface area contributed by atoms with Gasteiger partial charge in [0.1, 0.15) is 0 Å². The number of amides is 2. The van der Waals surface area contributed by atoms with Crippen molar-refractivity contribution in [1.29, 1.82) is 0 Å². The molecule has 3 N–H and O–H groups in total. The number of carbonyl (C=O) groups is 2. The fourth-order valence-corrected chi connectivity index (χ4v) is 3.36. The quantitative estimate of drug-likeness (QED) is 0.407. The summed E-state index contributed by atoms with van der Waals surface area (Å²) in [6.07, 6.45) is 3.17. The molecule has 0 bridgehead atoms. The van der Waals surface area contributed by atoms with Gasteiger partial charge in [0, 0.05) is 27.9 Å². The molecule has 0 unspecified atom stereocenters. The van der Waals surface area contributed by atoms with Crippen molar-refractivity contribution in [3.8, 4) is 0 Å². The minimum atomic E-state index is -0.306. The first-order valence-electron chi connectivity index (χ1n) is 8.82. The molecule has 3 aromatic rings. The molecule has 146 valence electrons. The highest BCUT2D eigenvalue weighted by molar-refractivity contribution is 7.80. The Hall–Kier alpha value is -3.29. The predicted molar refractivity (Wildman–Crippen MR) is 123 cm³/mol. The third-order valence-electron chi connectivity index (χ3n) is 3.95. The van der Waals surface area contributed by atoms with Crippen LogP contribution in [-0.2, 0) is 4.79 Å². The van der Waals surface area contributed by atoms with Crippen molar-refractivity contribution < 1.29 is 9.59 Å². The molecule has 0 radical (unpaired) electrons. The van der Waals surface area contributed by atoms with Gasteiger partial charge in [-0.15, -0.1) is 11.3 Å². The van der Waals surface area contributed by atoms with Crippen LogP contribution in [0.4, 0.5) is 11.4 Å². The largest absolute Gasteiger partial charge is 0.332 e. The lowest BCUT2D eigenvalue weighted by molar-refractivity contribution is -0.115. The number of benzene rings is 2. The van der Waals surface area contributed by atoms with Crippen LogP contribution in [0, 0.1) is 6.92 Å². The van der Waals surface area contributed by atoms with E-state index >= 15 is 0 Å². The topological polar surface area (TPSA) is 70.2 Å². The summed E-state index contributed by atoms with van der Waals surface area (Å²) in [7, 11) is 0. The normalized spacial score (nSPS) is 10.5. The summed E-state index contributed by atoms with van der Waals surface area (Å²) in [6, 6.07) is 18.3. The van der Waals surface area contributed by atoms with E-state index in [-0.39, 0.29) is 16.9 Å². The Kier molecular flexibility index (Phi) is 6.89. The van der Waals surface area contributed by atoms with E-state index in [0.717, 1.165) is 10.4 Å². The van der Waals surface area contributed by atoms with E-state index in [1.54, 1.807) is 41.7 Å². The highest BCUT2D eigenvalue weighted by Gasteiger charge is 2.08. The lowest BCUT2D eigenvalue weighted by Gasteiger charge is -2.12. The highest BCUT2D eigenvalue weighted by Crippen LogP contribution is 2.20. The summed E-state index contributed by atoms with van der Waals surface area (Å²) < 4.78 is 0. The molecule has 0 atom stereocenters. The van der Waals surface area contributed by atoms with E-state index in [0.29, 0.717) is 16.9 Å². The third-order valence-corrected chi connectivity index (χ3v) is 4.99. The maximum atomic E-state index is 12.3. The lowest BCUT2D eigenvalue weighted by Crippen LogP contribution is -2.32. The van der Waals surface area contributed by atoms with Crippen molar-refractivity contribution >= 4 is 57.9 Å². The second kappa shape index (κ2) is 9.77. The molecule has 5 nitrogen and oxygen atoms in total. The van der Waals surface area contributed by atoms with Gasteiger partial charge in [-0.25, -0.2) is 0 Å². The molecular weight excluding hydrogens is 402 g/mol. The van der Waals surface area contributed by atoms with Gasteiger partial charge in [0.2, 0.25) is 5.91 Å². The van der Waals surface area contributed by atoms with E-state index in [1.807, 2.05) is 48.7 Å². The summed E-state index contributed by atoms with van der Waals surface area (Å²) in [5.41, 5.74) is 2.88. The molecule has 2 amide bonds. The predicted octanol–water partition coefficient (Wildman–Crippen LogP) is 4.84. The summed E-state index contributed by atoms with van der Waals surface area (Å²) in [6.45, 7) is 1.89. The minimum Gasteiger partial charge on any atom is -0.332 e. The fourth-order valence-electron chi connectivity index (χ4n) is 2.53. The van der Waals surface area contributed by atoms with Gasteiger partial charge in [-0.05, 0) is 72.6 Å². The van der Waals surface area contributed by atoms with Gasteiger partial charge >= 0.3 is 0 Å². The zero-order chi connectivity index (χ0) is 20.6. The molecule has 0 spiro atoms. The van der Waals surface area contributed by atoms with Crippen LogP contribution in [-0.4, -0.2) is 16.9 Å². The number of carbonyl (C=O) groups excluding carboxylic acids is 2. The fraction of sp³-hybridized carbons (Fsp3) is 0.0455. The number of nitrogens with one attached hydrogen (secondary N) is 3. The van der Waals surface area contributed by atoms with Crippen LogP contribution in [0.2, 0.25) is 0 Å². The third kappa shape index (κ3) is 6.10. The van der Waals surface area contributed by atoms with Crippen LogP contribution >= 0.6 is 23.6 Å². The van der Waals surface area contributed by atoms with Crippen LogP contribution < -0.4 is 16.0 Å². The highest BCUT2D eigenvalue weighted by atomic mass is 32.1. The molecule has 1 heterocycles. The second-order valence-corrected chi connectivity index (χ2v) is 7.53. The lowest BCUT2D eigenvalue weighted by atomic mass is 10.1. The van der Waals surface area contributed by atoms with Crippen molar-refractivity contribution in [3.63, 3.8) is 0 Å². The van der Waals surface area contributed by atoms with Gasteiger partial charge in [0.15, 0.2) is 5.11 Å². The summed E-state index contributed by atoms with van der Waals surface area (Å²) in [4.78, 5) is 25.2. The van der Waals surface area contributed by atoms with Crippen LogP contribution in [0.15, 0.2) is 72.1 Å². The van der Waals surface area contributed by atoms with E-state index < -0.39 is 0 Å². The maximum Gasteiger partial charge on any atom is 0.255 e. The zero-order valence-corrected chi connectivity index (χ0v) is 17.3. The Balaban J connectivity index is 1.56. The first-order valence-corrected chi connectivity index (χ1v) is 10.1. The van der Waals surface area contributed by atoms with Crippen LogP contribution in [0.5, 0.6) is 0 Å². The molecular formula is C22H19N3O2S2. The molecule has 0 aliphatic heterocycles. The summed E-state index contributed by atoms with van der Waals surface area (Å²) in [5, 5.41) is 10.6. The number of anilines is 2. The SMILES string of the molecule is Cc1cc(NC(=S)NC(=O)/C=C/c2cccs2)ccc1NC(=O)c1ccccc1. The molecule has 0 fully saturated rings. The van der Waals surface area contributed by atoms with Crippen LogP contribution in [0.25, 0.3) is 6.08 Å². The van der Waals surface area contributed by atoms with Gasteiger partial charge in [0.25, 0.3) is 5.91 Å². The number of hydrogen-bond acceptors (Lipinski definition) is 4. The molecule has 29 heavy (non-hydrogen) atoms. The minimum absolute atomic E-state index is 0.172. The molecule has 0 saturated carbocycles. The Morgan fingerprint density at radius 1 is 1.00 bits per heavy atom. The maximum absolute atomic E-state index is 12.3. The van der Waals surface area contributed by atoms with Gasteiger partial charge in [-0.3, -0.25) is 14.9 Å². The van der Waals surface area contributed by atoms with Crippen molar-refractivity contribution in [2.75, 3.05) is 10.6 Å². The van der Waals surface area contributed by atoms with E-state index in [2.05, 4.69) is 16.0 Å². The van der Waals surface area contributed by atoms with E-state index in [1.165, 1.54) is 6.08 Å². The Morgan fingerprint density at radius 2 is 1.79 bits per heavy atom. The molecule has 1 aromatic heterocycles. The smallest absolute Gasteiger partial charge is 0.255 e. The van der Waals surface area contributed by atoms with Crippen molar-refractivity contribution in [3.05, 3.63) is 88.1 Å². The first kappa shape index (κ1) is 20.4. The van der Waals surface area contributed by atoms with Gasteiger partial charge in [0.05, 0.1) is 0 Å². The van der Waals surface area contributed by atoms with Crippen molar-refractivity contribution in [2.24, 2.45) is 0 Å². The Labute approximate surface area is 178 Å². The summed E-state index contributed by atoms with van der Waals surface area (Å²) in [5.74, 6) is -0.478. The zero-order valence-electron chi connectivity index (χ0n) is 15.6. The van der Waals surface area contributed by atoms with E-state index in [4.69, 9.17) is 12.2 Å². The average Bonchev–Trinajstić information content (AvgIpc) is 3.22. The molecule has 2 aromatic carbocycles. The number of thiocarbonyl (C=S) groups is 1. The van der Waals surface area contributed by atoms with E-state index in [9.17, 15) is 9.59 Å². The standard InChI is InChI=1S/C22H19N3O2S2/c1-15-14-17(9-11-19(15)24-21(27)16-6-3-2-4-7-16)23-22(28)25-20(26)12-10-18-8-5-13-29-18/h2-14H,1H3,(H,24,27)(H2,23,25,26,28)/b12-10+. The van der Waals surface area contributed by atoms with Gasteiger partial charge in [-0.2, -0.15) is 0 Å². The molecule has 0 aliphatic rings. The number of aryl methyl sites for hydroxylation is 1. The molecule has 0 saturated heterocycles. The number of thiophene rings is 1. The Morgan fingerprint density at radius 3 is 2.48 bits per heavy atom. The monoisotopic (exact) mass is 421 g/mol. The molecule has 3 rings (SSSR count).